The van der Waals surface area contributed by atoms with E-state index in [1.807, 2.05) is 42.5 Å². The minimum absolute atomic E-state index is 0.0404. The second-order valence-electron chi connectivity index (χ2n) is 3.65. The van der Waals surface area contributed by atoms with Gasteiger partial charge in [0, 0.05) is 13.6 Å². The van der Waals surface area contributed by atoms with Gasteiger partial charge in [-0.1, -0.05) is 40.2 Å². The summed E-state index contributed by atoms with van der Waals surface area (Å²) in [5.74, 6) is 0.670. The Hall–Kier alpha value is -0.880. The second-order valence-corrected chi connectivity index (χ2v) is 5.75. The minimum atomic E-state index is -0.0404. The molecule has 2 nitrogen and oxygen atoms in total. The summed E-state index contributed by atoms with van der Waals surface area (Å²) in [6.07, 6.45) is 0. The minimum Gasteiger partial charge on any atom is -0.485 e. The van der Waals surface area contributed by atoms with E-state index >= 15 is 0 Å². The van der Waals surface area contributed by atoms with Crippen LogP contribution < -0.4 is 4.74 Å². The van der Waals surface area contributed by atoms with E-state index in [-0.39, 0.29) is 12.4 Å². The Balaban J connectivity index is 2.03. The fourth-order valence-corrected chi connectivity index (χ4v) is 2.49. The van der Waals surface area contributed by atoms with Crippen LogP contribution in [0.2, 0.25) is 0 Å². The molecular formula is C14H10BrIO2. The first-order valence-corrected chi connectivity index (χ1v) is 7.20. The number of benzene rings is 2. The number of ketones is 1. The van der Waals surface area contributed by atoms with Crippen molar-refractivity contribution in [2.24, 2.45) is 0 Å². The SMILES string of the molecule is O=C(COc1cccc(I)c1)c1ccccc1Br. The Morgan fingerprint density at radius 2 is 1.94 bits per heavy atom. The summed E-state index contributed by atoms with van der Waals surface area (Å²) in [6.45, 7) is 0.0444. The number of hydrogen-bond donors (Lipinski definition) is 0. The molecule has 0 aliphatic rings. The molecule has 2 aromatic carbocycles. The van der Waals surface area contributed by atoms with Gasteiger partial charge in [-0.15, -0.1) is 0 Å². The molecule has 92 valence electrons. The van der Waals surface area contributed by atoms with Crippen molar-refractivity contribution in [3.8, 4) is 5.75 Å². The Morgan fingerprint density at radius 1 is 1.17 bits per heavy atom. The maximum atomic E-state index is 12.0. The normalized spacial score (nSPS) is 10.1. The van der Waals surface area contributed by atoms with E-state index in [1.54, 1.807) is 6.07 Å². The highest BCUT2D eigenvalue weighted by molar-refractivity contribution is 14.1. The molecule has 0 heterocycles. The molecule has 0 saturated carbocycles. The van der Waals surface area contributed by atoms with E-state index in [1.165, 1.54) is 0 Å². The van der Waals surface area contributed by atoms with Crippen LogP contribution in [0.25, 0.3) is 0 Å². The lowest BCUT2D eigenvalue weighted by Crippen LogP contribution is -2.12. The van der Waals surface area contributed by atoms with Crippen LogP contribution in [0, 0.1) is 3.57 Å². The summed E-state index contributed by atoms with van der Waals surface area (Å²) in [6, 6.07) is 15.0. The highest BCUT2D eigenvalue weighted by Gasteiger charge is 2.10. The van der Waals surface area contributed by atoms with Gasteiger partial charge in [0.1, 0.15) is 5.75 Å². The first-order chi connectivity index (χ1) is 8.66. The number of carbonyl (C=O) groups excluding carboxylic acids is 1. The Kier molecular flexibility index (Phi) is 4.77. The van der Waals surface area contributed by atoms with Crippen LogP contribution in [0.5, 0.6) is 5.75 Å². The third kappa shape index (κ3) is 3.55. The molecular weight excluding hydrogens is 407 g/mol. The van der Waals surface area contributed by atoms with E-state index in [4.69, 9.17) is 4.74 Å². The molecule has 18 heavy (non-hydrogen) atoms. The summed E-state index contributed by atoms with van der Waals surface area (Å²) < 4.78 is 7.36. The van der Waals surface area contributed by atoms with Gasteiger partial charge in [-0.2, -0.15) is 0 Å². The van der Waals surface area contributed by atoms with Crippen molar-refractivity contribution in [3.05, 3.63) is 62.1 Å². The summed E-state index contributed by atoms with van der Waals surface area (Å²) in [5.41, 5.74) is 0.642. The van der Waals surface area contributed by atoms with Crippen LogP contribution in [0.1, 0.15) is 10.4 Å². The summed E-state index contributed by atoms with van der Waals surface area (Å²) in [7, 11) is 0. The lowest BCUT2D eigenvalue weighted by Gasteiger charge is -2.07. The van der Waals surface area contributed by atoms with E-state index in [0.717, 1.165) is 8.04 Å². The fourth-order valence-electron chi connectivity index (χ4n) is 1.47. The number of carbonyl (C=O) groups is 1. The quantitative estimate of drug-likeness (QED) is 0.548. The molecule has 2 rings (SSSR count). The van der Waals surface area contributed by atoms with Gasteiger partial charge in [0.2, 0.25) is 5.78 Å². The largest absolute Gasteiger partial charge is 0.485 e. The van der Waals surface area contributed by atoms with Crippen molar-refractivity contribution in [2.45, 2.75) is 0 Å². The molecule has 0 fully saturated rings. The van der Waals surface area contributed by atoms with Crippen LogP contribution in [-0.2, 0) is 0 Å². The Labute approximate surface area is 128 Å². The van der Waals surface area contributed by atoms with Gasteiger partial charge < -0.3 is 4.74 Å². The average molecular weight is 417 g/mol. The molecule has 0 aliphatic carbocycles. The van der Waals surface area contributed by atoms with Gasteiger partial charge in [0.15, 0.2) is 6.61 Å². The molecule has 0 radical (unpaired) electrons. The lowest BCUT2D eigenvalue weighted by molar-refractivity contribution is 0.0920. The molecule has 0 N–H and O–H groups in total. The zero-order valence-corrected chi connectivity index (χ0v) is 13.1. The van der Waals surface area contributed by atoms with Crippen LogP contribution in [0.4, 0.5) is 0 Å². The number of Topliss-reactive ketones (excluding diaryl/α,β-unsaturated/α-hetero) is 1. The molecule has 0 spiro atoms. The maximum Gasteiger partial charge on any atom is 0.201 e. The molecule has 0 amide bonds. The average Bonchev–Trinajstić information content (AvgIpc) is 2.37. The summed E-state index contributed by atoms with van der Waals surface area (Å²) in [4.78, 5) is 12.0. The topological polar surface area (TPSA) is 26.3 Å². The van der Waals surface area contributed by atoms with E-state index in [2.05, 4.69) is 38.5 Å². The summed E-state index contributed by atoms with van der Waals surface area (Å²) >= 11 is 5.56. The number of hydrogen-bond acceptors (Lipinski definition) is 2. The van der Waals surface area contributed by atoms with Gasteiger partial charge in [-0.3, -0.25) is 4.79 Å². The molecule has 0 atom stereocenters. The fraction of sp³-hybridized carbons (Fsp3) is 0.0714. The monoisotopic (exact) mass is 416 g/mol. The number of ether oxygens (including phenoxy) is 1. The van der Waals surface area contributed by atoms with E-state index in [0.29, 0.717) is 11.3 Å². The predicted octanol–water partition coefficient (Wildman–Crippen LogP) is 4.32. The standard InChI is InChI=1S/C14H10BrIO2/c15-13-7-2-1-6-12(13)14(17)9-18-11-5-3-4-10(16)8-11/h1-8H,9H2. The van der Waals surface area contributed by atoms with Crippen molar-refractivity contribution >= 4 is 44.3 Å². The van der Waals surface area contributed by atoms with Crippen LogP contribution in [0.3, 0.4) is 0 Å². The molecule has 2 aromatic rings. The van der Waals surface area contributed by atoms with Gasteiger partial charge in [0.25, 0.3) is 0 Å². The van der Waals surface area contributed by atoms with Crippen LogP contribution >= 0.6 is 38.5 Å². The first-order valence-electron chi connectivity index (χ1n) is 5.33. The predicted molar refractivity (Wildman–Crippen MR) is 83.1 cm³/mol. The molecule has 0 aromatic heterocycles. The zero-order chi connectivity index (χ0) is 13.0. The lowest BCUT2D eigenvalue weighted by atomic mass is 10.1. The van der Waals surface area contributed by atoms with E-state index in [9.17, 15) is 4.79 Å². The van der Waals surface area contributed by atoms with Crippen molar-refractivity contribution in [3.63, 3.8) is 0 Å². The third-order valence-corrected chi connectivity index (χ3v) is 3.70. The van der Waals surface area contributed by atoms with Crippen molar-refractivity contribution in [1.29, 1.82) is 0 Å². The molecule has 0 aliphatic heterocycles. The van der Waals surface area contributed by atoms with Crippen LogP contribution in [-0.4, -0.2) is 12.4 Å². The highest BCUT2D eigenvalue weighted by Crippen LogP contribution is 2.18. The van der Waals surface area contributed by atoms with E-state index < -0.39 is 0 Å². The smallest absolute Gasteiger partial charge is 0.201 e. The first kappa shape index (κ1) is 13.5. The Morgan fingerprint density at radius 3 is 2.67 bits per heavy atom. The van der Waals surface area contributed by atoms with Crippen LogP contribution in [0.15, 0.2) is 53.0 Å². The zero-order valence-electron chi connectivity index (χ0n) is 9.40. The maximum absolute atomic E-state index is 12.0. The van der Waals surface area contributed by atoms with Gasteiger partial charge in [-0.25, -0.2) is 0 Å². The number of rotatable bonds is 4. The molecule has 0 saturated heterocycles. The second kappa shape index (κ2) is 6.33. The third-order valence-electron chi connectivity index (χ3n) is 2.34. The van der Waals surface area contributed by atoms with Crippen molar-refractivity contribution in [2.75, 3.05) is 6.61 Å². The van der Waals surface area contributed by atoms with Gasteiger partial charge in [0.05, 0.1) is 0 Å². The molecule has 0 bridgehead atoms. The van der Waals surface area contributed by atoms with Gasteiger partial charge >= 0.3 is 0 Å². The molecule has 0 unspecified atom stereocenters. The molecule has 4 heteroatoms. The van der Waals surface area contributed by atoms with Crippen molar-refractivity contribution in [1.82, 2.24) is 0 Å². The van der Waals surface area contributed by atoms with Gasteiger partial charge in [-0.05, 0) is 46.9 Å². The highest BCUT2D eigenvalue weighted by atomic mass is 127. The number of halogens is 2. The summed E-state index contributed by atoms with van der Waals surface area (Å²) in [5, 5.41) is 0. The van der Waals surface area contributed by atoms with Crippen molar-refractivity contribution < 1.29 is 9.53 Å². The Bertz CT molecular complexity index is 569.